The zero-order chi connectivity index (χ0) is 14.7. The Labute approximate surface area is 121 Å². The van der Waals surface area contributed by atoms with Crippen LogP contribution < -0.4 is 4.74 Å². The minimum Gasteiger partial charge on any atom is -0.489 e. The van der Waals surface area contributed by atoms with Crippen molar-refractivity contribution in [3.05, 3.63) is 84.2 Å². The first kappa shape index (κ1) is 13.4. The maximum atomic E-state index is 13.1. The number of hydrogen-bond donors (Lipinski definition) is 0. The molecule has 0 saturated carbocycles. The molecule has 4 heteroatoms. The van der Waals surface area contributed by atoms with Gasteiger partial charge in [0.15, 0.2) is 11.6 Å². The monoisotopic (exact) mass is 285 g/mol. The van der Waals surface area contributed by atoms with E-state index in [2.05, 4.69) is 0 Å². The molecule has 0 amide bonds. The zero-order valence-corrected chi connectivity index (χ0v) is 11.2. The van der Waals surface area contributed by atoms with Crippen LogP contribution in [-0.4, -0.2) is 4.57 Å². The highest BCUT2D eigenvalue weighted by Gasteiger charge is 2.07. The molecule has 3 aromatic rings. The number of hydrogen-bond acceptors (Lipinski definition) is 1. The second-order valence-electron chi connectivity index (χ2n) is 4.63. The minimum absolute atomic E-state index is 0.443. The van der Waals surface area contributed by atoms with Crippen molar-refractivity contribution in [3.63, 3.8) is 0 Å². The molecule has 2 nitrogen and oxygen atoms in total. The van der Waals surface area contributed by atoms with Gasteiger partial charge in [-0.3, -0.25) is 0 Å². The second-order valence-corrected chi connectivity index (χ2v) is 4.63. The van der Waals surface area contributed by atoms with Crippen molar-refractivity contribution >= 4 is 0 Å². The predicted molar refractivity (Wildman–Crippen MR) is 76.5 cm³/mol. The van der Waals surface area contributed by atoms with Crippen molar-refractivity contribution in [1.29, 1.82) is 0 Å². The highest BCUT2D eigenvalue weighted by Crippen LogP contribution is 2.20. The van der Waals surface area contributed by atoms with Crippen LogP contribution >= 0.6 is 0 Å². The number of aromatic nitrogens is 1. The van der Waals surface area contributed by atoms with Crippen LogP contribution in [0.5, 0.6) is 5.75 Å². The topological polar surface area (TPSA) is 14.2 Å². The minimum atomic E-state index is -0.870. The van der Waals surface area contributed by atoms with E-state index in [4.69, 9.17) is 4.74 Å². The molecule has 0 bridgehead atoms. The molecule has 0 fully saturated rings. The molecule has 0 N–H and O–H groups in total. The third-order valence-corrected chi connectivity index (χ3v) is 3.10. The third-order valence-electron chi connectivity index (χ3n) is 3.10. The van der Waals surface area contributed by atoms with Crippen LogP contribution in [-0.2, 0) is 6.61 Å². The summed E-state index contributed by atoms with van der Waals surface area (Å²) in [4.78, 5) is 0. The normalized spacial score (nSPS) is 10.6. The summed E-state index contributed by atoms with van der Waals surface area (Å²) in [6.07, 6.45) is 2.21. The zero-order valence-electron chi connectivity index (χ0n) is 11.2. The number of halogens is 2. The van der Waals surface area contributed by atoms with E-state index >= 15 is 0 Å². The van der Waals surface area contributed by atoms with Gasteiger partial charge in [0.1, 0.15) is 12.4 Å². The van der Waals surface area contributed by atoms with Crippen LogP contribution in [0.3, 0.4) is 0 Å². The molecule has 0 aliphatic carbocycles. The molecular weight excluding hydrogens is 272 g/mol. The van der Waals surface area contributed by atoms with Crippen molar-refractivity contribution in [3.8, 4) is 11.4 Å². The molecule has 0 saturated heterocycles. The second kappa shape index (κ2) is 5.79. The Bertz CT molecular complexity index is 718. The fourth-order valence-electron chi connectivity index (χ4n) is 2.03. The Kier molecular flexibility index (Phi) is 3.69. The van der Waals surface area contributed by atoms with Crippen LogP contribution in [0.2, 0.25) is 0 Å². The molecule has 106 valence electrons. The Morgan fingerprint density at radius 1 is 0.857 bits per heavy atom. The van der Waals surface area contributed by atoms with Gasteiger partial charge in [0.05, 0.1) is 0 Å². The largest absolute Gasteiger partial charge is 0.489 e. The van der Waals surface area contributed by atoms with Gasteiger partial charge in [-0.05, 0) is 17.7 Å². The van der Waals surface area contributed by atoms with Gasteiger partial charge in [0, 0.05) is 24.1 Å². The quantitative estimate of drug-likeness (QED) is 0.695. The van der Waals surface area contributed by atoms with E-state index in [0.717, 1.165) is 18.0 Å². The highest BCUT2D eigenvalue weighted by atomic mass is 19.2. The summed E-state index contributed by atoms with van der Waals surface area (Å²) in [5.41, 5.74) is 1.70. The standard InChI is InChI=1S/C17H13F2NO/c18-16-10-20(11-17(16)19)14-7-4-8-15(9-14)21-12-13-5-2-1-3-6-13/h1-11H,12H2. The predicted octanol–water partition coefficient (Wildman–Crippen LogP) is 4.33. The summed E-state index contributed by atoms with van der Waals surface area (Å²) in [6, 6.07) is 16.9. The van der Waals surface area contributed by atoms with E-state index in [-0.39, 0.29) is 0 Å². The van der Waals surface area contributed by atoms with Gasteiger partial charge in [0.25, 0.3) is 0 Å². The van der Waals surface area contributed by atoms with Crippen LogP contribution in [0.4, 0.5) is 8.78 Å². The highest BCUT2D eigenvalue weighted by molar-refractivity contribution is 5.40. The number of ether oxygens (including phenoxy) is 1. The first-order valence-electron chi connectivity index (χ1n) is 6.52. The molecular formula is C17H13F2NO. The summed E-state index contributed by atoms with van der Waals surface area (Å²) in [7, 11) is 0. The summed E-state index contributed by atoms with van der Waals surface area (Å²) in [5.74, 6) is -1.10. The van der Waals surface area contributed by atoms with Crippen molar-refractivity contribution in [2.75, 3.05) is 0 Å². The van der Waals surface area contributed by atoms with Crippen LogP contribution in [0.1, 0.15) is 5.56 Å². The number of rotatable bonds is 4. The Hall–Kier alpha value is -2.62. The molecule has 0 aliphatic heterocycles. The van der Waals surface area contributed by atoms with E-state index in [0.29, 0.717) is 18.0 Å². The average Bonchev–Trinajstić information content (AvgIpc) is 2.86. The van der Waals surface area contributed by atoms with E-state index < -0.39 is 11.6 Å². The summed E-state index contributed by atoms with van der Waals surface area (Å²) in [5, 5.41) is 0. The summed E-state index contributed by atoms with van der Waals surface area (Å²) < 4.78 is 33.2. The molecule has 2 aromatic carbocycles. The van der Waals surface area contributed by atoms with Gasteiger partial charge < -0.3 is 9.30 Å². The van der Waals surface area contributed by atoms with E-state index in [1.807, 2.05) is 36.4 Å². The van der Waals surface area contributed by atoms with E-state index in [1.54, 1.807) is 18.2 Å². The Morgan fingerprint density at radius 3 is 2.29 bits per heavy atom. The maximum absolute atomic E-state index is 13.1. The van der Waals surface area contributed by atoms with Crippen molar-refractivity contribution in [2.45, 2.75) is 6.61 Å². The Morgan fingerprint density at radius 2 is 1.57 bits per heavy atom. The average molecular weight is 285 g/mol. The molecule has 0 spiro atoms. The SMILES string of the molecule is Fc1cn(-c2cccc(OCc3ccccc3)c2)cc1F. The first-order chi connectivity index (χ1) is 10.2. The summed E-state index contributed by atoms with van der Waals surface area (Å²) >= 11 is 0. The lowest BCUT2D eigenvalue weighted by Crippen LogP contribution is -1.96. The van der Waals surface area contributed by atoms with E-state index in [1.165, 1.54) is 4.57 Å². The smallest absolute Gasteiger partial charge is 0.176 e. The van der Waals surface area contributed by atoms with Gasteiger partial charge in [-0.2, -0.15) is 0 Å². The molecule has 0 aliphatic rings. The molecule has 0 unspecified atom stereocenters. The van der Waals surface area contributed by atoms with Gasteiger partial charge in [-0.1, -0.05) is 36.4 Å². The van der Waals surface area contributed by atoms with Crippen molar-refractivity contribution in [1.82, 2.24) is 4.57 Å². The van der Waals surface area contributed by atoms with Gasteiger partial charge in [-0.25, -0.2) is 8.78 Å². The lowest BCUT2D eigenvalue weighted by atomic mass is 10.2. The van der Waals surface area contributed by atoms with Crippen LogP contribution in [0.15, 0.2) is 67.0 Å². The molecule has 1 aromatic heterocycles. The van der Waals surface area contributed by atoms with Crippen LogP contribution in [0, 0.1) is 11.6 Å². The number of nitrogens with zero attached hydrogens (tertiary/aromatic N) is 1. The van der Waals surface area contributed by atoms with Gasteiger partial charge in [-0.15, -0.1) is 0 Å². The van der Waals surface area contributed by atoms with Crippen LogP contribution in [0.25, 0.3) is 5.69 Å². The molecule has 21 heavy (non-hydrogen) atoms. The Balaban J connectivity index is 1.77. The van der Waals surface area contributed by atoms with Crippen molar-refractivity contribution < 1.29 is 13.5 Å². The third kappa shape index (κ3) is 3.11. The molecule has 0 atom stereocenters. The molecule has 0 radical (unpaired) electrons. The van der Waals surface area contributed by atoms with Gasteiger partial charge in [0.2, 0.25) is 0 Å². The summed E-state index contributed by atoms with van der Waals surface area (Å²) in [6.45, 7) is 0.443. The lowest BCUT2D eigenvalue weighted by Gasteiger charge is -2.08. The molecule has 1 heterocycles. The lowest BCUT2D eigenvalue weighted by molar-refractivity contribution is 0.306. The number of benzene rings is 2. The van der Waals surface area contributed by atoms with Crippen molar-refractivity contribution in [2.24, 2.45) is 0 Å². The molecule has 3 rings (SSSR count). The van der Waals surface area contributed by atoms with E-state index in [9.17, 15) is 8.78 Å². The maximum Gasteiger partial charge on any atom is 0.176 e. The fraction of sp³-hybridized carbons (Fsp3) is 0.0588. The van der Waals surface area contributed by atoms with Gasteiger partial charge >= 0.3 is 0 Å². The fourth-order valence-corrected chi connectivity index (χ4v) is 2.03. The first-order valence-corrected chi connectivity index (χ1v) is 6.52.